The molecule has 0 aliphatic rings. The summed E-state index contributed by atoms with van der Waals surface area (Å²) < 4.78 is 5.24. The van der Waals surface area contributed by atoms with E-state index >= 15 is 0 Å². The molecule has 0 radical (unpaired) electrons. The number of anilines is 2. The first-order chi connectivity index (χ1) is 9.51. The third-order valence-corrected chi connectivity index (χ3v) is 3.61. The van der Waals surface area contributed by atoms with Gasteiger partial charge >= 0.3 is 0 Å². The fourth-order valence-electron chi connectivity index (χ4n) is 2.23. The molecule has 0 saturated carbocycles. The van der Waals surface area contributed by atoms with Crippen molar-refractivity contribution in [3.05, 3.63) is 52.5 Å². The van der Waals surface area contributed by atoms with Crippen molar-refractivity contribution in [2.45, 2.75) is 13.5 Å². The molecular formula is C16H19ClN2O. The second-order valence-corrected chi connectivity index (χ2v) is 5.27. The summed E-state index contributed by atoms with van der Waals surface area (Å²) in [7, 11) is 3.71. The highest BCUT2D eigenvalue weighted by molar-refractivity contribution is 6.33. The molecule has 0 aliphatic carbocycles. The molecule has 2 rings (SSSR count). The largest absolute Gasteiger partial charge is 0.497 e. The topological polar surface area (TPSA) is 38.5 Å². The fraction of sp³-hybridized carbons (Fsp3) is 0.250. The molecule has 0 saturated heterocycles. The van der Waals surface area contributed by atoms with Crippen LogP contribution in [0.5, 0.6) is 5.75 Å². The number of methoxy groups -OCH3 is 1. The van der Waals surface area contributed by atoms with Crippen LogP contribution in [0, 0.1) is 6.92 Å². The predicted octanol–water partition coefficient (Wildman–Crippen LogP) is 3.88. The molecule has 20 heavy (non-hydrogen) atoms. The van der Waals surface area contributed by atoms with Crippen LogP contribution in [0.1, 0.15) is 11.1 Å². The number of hydrogen-bond acceptors (Lipinski definition) is 3. The molecule has 0 heterocycles. The van der Waals surface area contributed by atoms with E-state index < -0.39 is 0 Å². The molecule has 0 aliphatic heterocycles. The average molecular weight is 291 g/mol. The molecule has 4 heteroatoms. The van der Waals surface area contributed by atoms with E-state index in [0.717, 1.165) is 23.5 Å². The van der Waals surface area contributed by atoms with Crippen LogP contribution in [0.3, 0.4) is 0 Å². The summed E-state index contributed by atoms with van der Waals surface area (Å²) in [4.78, 5) is 2.15. The van der Waals surface area contributed by atoms with Gasteiger partial charge in [-0.1, -0.05) is 23.7 Å². The highest BCUT2D eigenvalue weighted by Gasteiger charge is 2.09. The molecule has 2 N–H and O–H groups in total. The summed E-state index contributed by atoms with van der Waals surface area (Å²) in [5.41, 5.74) is 9.79. The molecule has 3 nitrogen and oxygen atoms in total. The minimum Gasteiger partial charge on any atom is -0.497 e. The third-order valence-electron chi connectivity index (χ3n) is 3.28. The molecule has 0 atom stereocenters. The van der Waals surface area contributed by atoms with Crippen LogP contribution in [0.2, 0.25) is 5.02 Å². The van der Waals surface area contributed by atoms with Crippen molar-refractivity contribution in [3.8, 4) is 5.75 Å². The summed E-state index contributed by atoms with van der Waals surface area (Å²) in [5, 5.41) is 0.586. The van der Waals surface area contributed by atoms with Crippen molar-refractivity contribution in [2.24, 2.45) is 0 Å². The summed E-state index contributed by atoms with van der Waals surface area (Å²) >= 11 is 6.11. The molecule has 0 amide bonds. The zero-order valence-corrected chi connectivity index (χ0v) is 12.7. The molecule has 0 unspecified atom stereocenters. The van der Waals surface area contributed by atoms with Crippen molar-refractivity contribution < 1.29 is 4.74 Å². The van der Waals surface area contributed by atoms with Crippen molar-refractivity contribution in [1.82, 2.24) is 0 Å². The number of aryl methyl sites for hydroxylation is 1. The lowest BCUT2D eigenvalue weighted by Crippen LogP contribution is -2.17. The van der Waals surface area contributed by atoms with Crippen LogP contribution in [0.4, 0.5) is 11.4 Å². The number of benzene rings is 2. The summed E-state index contributed by atoms with van der Waals surface area (Å²) in [6.45, 7) is 2.81. The first-order valence-corrected chi connectivity index (χ1v) is 6.78. The van der Waals surface area contributed by atoms with Crippen LogP contribution >= 0.6 is 11.6 Å². The number of hydrogen-bond donors (Lipinski definition) is 1. The lowest BCUT2D eigenvalue weighted by Gasteiger charge is -2.22. The summed E-state index contributed by atoms with van der Waals surface area (Å²) in [5.74, 6) is 0.864. The highest BCUT2D eigenvalue weighted by atomic mass is 35.5. The Hall–Kier alpha value is -1.87. The first-order valence-electron chi connectivity index (χ1n) is 6.41. The van der Waals surface area contributed by atoms with Gasteiger partial charge in [0, 0.05) is 19.3 Å². The number of ether oxygens (including phenoxy) is 1. The highest BCUT2D eigenvalue weighted by Crippen LogP contribution is 2.29. The molecule has 0 aromatic heterocycles. The van der Waals surface area contributed by atoms with Gasteiger partial charge in [-0.2, -0.15) is 0 Å². The Balaban J connectivity index is 2.23. The van der Waals surface area contributed by atoms with Gasteiger partial charge in [0.25, 0.3) is 0 Å². The minimum absolute atomic E-state index is 0.586. The lowest BCUT2D eigenvalue weighted by molar-refractivity contribution is 0.414. The number of nitrogen functional groups attached to an aromatic ring is 1. The average Bonchev–Trinajstić information content (AvgIpc) is 2.43. The Morgan fingerprint density at radius 1 is 1.25 bits per heavy atom. The van der Waals surface area contributed by atoms with Crippen LogP contribution in [-0.4, -0.2) is 14.2 Å². The smallest absolute Gasteiger partial charge is 0.119 e. The maximum Gasteiger partial charge on any atom is 0.119 e. The van der Waals surface area contributed by atoms with Gasteiger partial charge in [0.2, 0.25) is 0 Å². The second kappa shape index (κ2) is 6.06. The van der Waals surface area contributed by atoms with Gasteiger partial charge in [0.1, 0.15) is 5.75 Å². The van der Waals surface area contributed by atoms with Crippen LogP contribution in [0.25, 0.3) is 0 Å². The molecule has 2 aromatic carbocycles. The van der Waals surface area contributed by atoms with E-state index in [2.05, 4.69) is 11.0 Å². The zero-order valence-electron chi connectivity index (χ0n) is 12.0. The van der Waals surface area contributed by atoms with Crippen molar-refractivity contribution in [2.75, 3.05) is 24.8 Å². The quantitative estimate of drug-likeness (QED) is 0.869. The molecule has 106 valence electrons. The van der Waals surface area contributed by atoms with Gasteiger partial charge in [-0.25, -0.2) is 0 Å². The number of nitrogens with two attached hydrogens (primary N) is 1. The minimum atomic E-state index is 0.586. The van der Waals surface area contributed by atoms with Crippen molar-refractivity contribution >= 4 is 23.0 Å². The summed E-state index contributed by atoms with van der Waals surface area (Å²) in [6.07, 6.45) is 0. The normalized spacial score (nSPS) is 10.4. The van der Waals surface area contributed by atoms with Crippen LogP contribution in [-0.2, 0) is 6.54 Å². The maximum absolute atomic E-state index is 6.11. The Bertz CT molecular complexity index is 613. The standard InChI is InChI=1S/C16H19ClN2O/c1-11-7-15(18)14(17)9-16(11)19(2)10-12-5-4-6-13(8-12)20-3/h4-9H,10,18H2,1-3H3. The van der Waals surface area contributed by atoms with Crippen LogP contribution < -0.4 is 15.4 Å². The molecule has 0 bridgehead atoms. The van der Waals surface area contributed by atoms with Crippen molar-refractivity contribution in [3.63, 3.8) is 0 Å². The Kier molecular flexibility index (Phi) is 4.40. The molecule has 0 spiro atoms. The number of halogens is 1. The first kappa shape index (κ1) is 14.5. The van der Waals surface area contributed by atoms with Gasteiger partial charge in [-0.15, -0.1) is 0 Å². The Labute approximate surface area is 124 Å². The lowest BCUT2D eigenvalue weighted by atomic mass is 10.1. The Morgan fingerprint density at radius 2 is 2.00 bits per heavy atom. The SMILES string of the molecule is COc1cccc(CN(C)c2cc(Cl)c(N)cc2C)c1. The van der Waals surface area contributed by atoms with E-state index in [-0.39, 0.29) is 0 Å². The zero-order chi connectivity index (χ0) is 14.7. The van der Waals surface area contributed by atoms with Gasteiger partial charge in [-0.3, -0.25) is 0 Å². The molecular weight excluding hydrogens is 272 g/mol. The van der Waals surface area contributed by atoms with Gasteiger partial charge in [0.05, 0.1) is 17.8 Å². The van der Waals surface area contributed by atoms with Gasteiger partial charge < -0.3 is 15.4 Å². The van der Waals surface area contributed by atoms with E-state index in [1.54, 1.807) is 7.11 Å². The second-order valence-electron chi connectivity index (χ2n) is 4.87. The molecule has 0 fully saturated rings. The maximum atomic E-state index is 6.11. The molecule has 2 aromatic rings. The monoisotopic (exact) mass is 290 g/mol. The van der Waals surface area contributed by atoms with E-state index in [1.807, 2.05) is 44.3 Å². The van der Waals surface area contributed by atoms with Crippen LogP contribution in [0.15, 0.2) is 36.4 Å². The van der Waals surface area contributed by atoms with E-state index in [1.165, 1.54) is 5.56 Å². The van der Waals surface area contributed by atoms with Gasteiger partial charge in [-0.05, 0) is 42.3 Å². The number of nitrogens with zero attached hydrogens (tertiary/aromatic N) is 1. The van der Waals surface area contributed by atoms with E-state index in [9.17, 15) is 0 Å². The fourth-order valence-corrected chi connectivity index (χ4v) is 2.39. The van der Waals surface area contributed by atoms with Crippen molar-refractivity contribution in [1.29, 1.82) is 0 Å². The van der Waals surface area contributed by atoms with E-state index in [4.69, 9.17) is 22.1 Å². The van der Waals surface area contributed by atoms with E-state index in [0.29, 0.717) is 10.7 Å². The van der Waals surface area contributed by atoms with Gasteiger partial charge in [0.15, 0.2) is 0 Å². The predicted molar refractivity (Wildman–Crippen MR) is 85.7 cm³/mol. The third kappa shape index (κ3) is 3.17. The number of rotatable bonds is 4. The summed E-state index contributed by atoms with van der Waals surface area (Å²) in [6, 6.07) is 11.9. The Morgan fingerprint density at radius 3 is 2.70 bits per heavy atom.